The Bertz CT molecular complexity index is 1210. The van der Waals surface area contributed by atoms with Gasteiger partial charge in [0.1, 0.15) is 0 Å². The van der Waals surface area contributed by atoms with Crippen LogP contribution in [0.2, 0.25) is 0 Å². The van der Waals surface area contributed by atoms with Gasteiger partial charge in [0.25, 0.3) is 0 Å². The number of carboxylic acids is 1. The van der Waals surface area contributed by atoms with E-state index in [1.165, 1.54) is 0 Å². The first-order valence-electron chi connectivity index (χ1n) is 13.7. The molecule has 3 N–H and O–H groups in total. The topological polar surface area (TPSA) is 118 Å². The number of amides is 1. The van der Waals surface area contributed by atoms with Gasteiger partial charge in [-0.2, -0.15) is 0 Å². The Morgan fingerprint density at radius 2 is 1.62 bits per heavy atom. The molecule has 8 nitrogen and oxygen atoms in total. The van der Waals surface area contributed by atoms with Gasteiger partial charge in [0, 0.05) is 42.5 Å². The van der Waals surface area contributed by atoms with Gasteiger partial charge in [-0.05, 0) is 48.2 Å². The lowest BCUT2D eigenvalue weighted by Crippen LogP contribution is -2.31. The number of aliphatic hydroxyl groups excluding tert-OH is 1. The van der Waals surface area contributed by atoms with E-state index >= 15 is 0 Å². The zero-order valence-electron chi connectivity index (χ0n) is 22.4. The standard InChI is InChI=1S/C31H36N2O6S/c34-20-22-10-12-23(13-11-22)27-19-26(21-40-29-8-5-6-18-32-29)38-31(39-27)24-14-16-25(17-15-24)33-28(35)7-3-1-2-4-9-30(36)37/h5-6,8,10-18,26-27,31,34H,1-4,7,9,19-21H2,(H,33,35)(H,36,37)/t26-,27+,31+/m1/s1. The molecule has 2 aromatic carbocycles. The van der Waals surface area contributed by atoms with Crippen LogP contribution in [0.25, 0.3) is 0 Å². The van der Waals surface area contributed by atoms with Crippen LogP contribution in [0, 0.1) is 0 Å². The molecule has 0 aliphatic carbocycles. The van der Waals surface area contributed by atoms with E-state index in [1.54, 1.807) is 18.0 Å². The predicted octanol–water partition coefficient (Wildman–Crippen LogP) is 6.28. The number of anilines is 1. The molecule has 3 atom stereocenters. The number of aromatic nitrogens is 1. The maximum absolute atomic E-state index is 12.3. The van der Waals surface area contributed by atoms with Gasteiger partial charge in [0.05, 0.1) is 23.8 Å². The van der Waals surface area contributed by atoms with Crippen LogP contribution in [0.5, 0.6) is 0 Å². The van der Waals surface area contributed by atoms with Crippen molar-refractivity contribution >= 4 is 29.3 Å². The lowest BCUT2D eigenvalue weighted by molar-refractivity contribution is -0.245. The van der Waals surface area contributed by atoms with Crippen LogP contribution >= 0.6 is 11.8 Å². The molecule has 1 amide bonds. The number of thioether (sulfide) groups is 1. The molecule has 1 fully saturated rings. The first-order chi connectivity index (χ1) is 19.5. The summed E-state index contributed by atoms with van der Waals surface area (Å²) in [6, 6.07) is 21.2. The number of rotatable bonds is 14. The third-order valence-corrected chi connectivity index (χ3v) is 7.76. The summed E-state index contributed by atoms with van der Waals surface area (Å²) in [7, 11) is 0. The quantitative estimate of drug-likeness (QED) is 0.155. The molecule has 212 valence electrons. The number of carbonyl (C=O) groups is 2. The summed E-state index contributed by atoms with van der Waals surface area (Å²) < 4.78 is 12.8. The maximum atomic E-state index is 12.3. The van der Waals surface area contributed by atoms with Crippen molar-refractivity contribution in [3.8, 4) is 0 Å². The van der Waals surface area contributed by atoms with E-state index in [9.17, 15) is 14.7 Å². The molecule has 1 aromatic heterocycles. The smallest absolute Gasteiger partial charge is 0.303 e. The fourth-order valence-electron chi connectivity index (χ4n) is 4.50. The molecule has 2 heterocycles. The average molecular weight is 565 g/mol. The molecule has 0 spiro atoms. The highest BCUT2D eigenvalue weighted by Gasteiger charge is 2.32. The van der Waals surface area contributed by atoms with Gasteiger partial charge < -0.3 is 25.0 Å². The summed E-state index contributed by atoms with van der Waals surface area (Å²) in [5.74, 6) is -0.113. The van der Waals surface area contributed by atoms with Crippen molar-refractivity contribution < 1.29 is 29.3 Å². The minimum absolute atomic E-state index is 0.00341. The van der Waals surface area contributed by atoms with Crippen molar-refractivity contribution in [2.45, 2.75) is 75.1 Å². The molecule has 1 aliphatic rings. The van der Waals surface area contributed by atoms with E-state index in [-0.39, 0.29) is 31.1 Å². The van der Waals surface area contributed by atoms with Crippen molar-refractivity contribution in [3.05, 3.63) is 89.6 Å². The fourth-order valence-corrected chi connectivity index (χ4v) is 5.38. The Hall–Kier alpha value is -3.24. The molecule has 3 aromatic rings. The molecule has 0 radical (unpaired) electrons. The summed E-state index contributed by atoms with van der Waals surface area (Å²) >= 11 is 1.65. The normalized spacial score (nSPS) is 18.8. The molecule has 4 rings (SSSR count). The zero-order chi connectivity index (χ0) is 28.2. The largest absolute Gasteiger partial charge is 0.481 e. The van der Waals surface area contributed by atoms with E-state index in [0.29, 0.717) is 24.9 Å². The summed E-state index contributed by atoms with van der Waals surface area (Å²) in [4.78, 5) is 27.3. The van der Waals surface area contributed by atoms with Crippen LogP contribution in [0.3, 0.4) is 0 Å². The number of benzene rings is 2. The Kier molecular flexibility index (Phi) is 11.5. The SMILES string of the molecule is O=C(O)CCCCCCC(=O)Nc1ccc([C@H]2O[C@@H](CSc3ccccn3)C[C@@H](c3ccc(CO)cc3)O2)cc1. The molecular formula is C31H36N2O6S. The van der Waals surface area contributed by atoms with Gasteiger partial charge in [0.15, 0.2) is 6.29 Å². The number of unbranched alkanes of at least 4 members (excludes halogenated alkanes) is 3. The minimum Gasteiger partial charge on any atom is -0.481 e. The van der Waals surface area contributed by atoms with E-state index in [1.807, 2.05) is 66.7 Å². The second kappa shape index (κ2) is 15.5. The third-order valence-electron chi connectivity index (χ3n) is 6.68. The monoisotopic (exact) mass is 564 g/mol. The van der Waals surface area contributed by atoms with Crippen LogP contribution in [0.1, 0.15) is 74.0 Å². The number of ether oxygens (including phenoxy) is 2. The second-order valence-electron chi connectivity index (χ2n) is 9.81. The fraction of sp³-hybridized carbons (Fsp3) is 0.387. The Balaban J connectivity index is 1.35. The van der Waals surface area contributed by atoms with Gasteiger partial charge in [0.2, 0.25) is 5.91 Å². The lowest BCUT2D eigenvalue weighted by atomic mass is 10.0. The van der Waals surface area contributed by atoms with Crippen molar-refractivity contribution in [3.63, 3.8) is 0 Å². The van der Waals surface area contributed by atoms with Crippen LogP contribution in [-0.2, 0) is 25.7 Å². The zero-order valence-corrected chi connectivity index (χ0v) is 23.2. The van der Waals surface area contributed by atoms with Crippen LogP contribution in [0.4, 0.5) is 5.69 Å². The van der Waals surface area contributed by atoms with Crippen LogP contribution in [0.15, 0.2) is 78.0 Å². The number of carboxylic acid groups (broad SMARTS) is 1. The van der Waals surface area contributed by atoms with Crippen molar-refractivity contribution in [1.29, 1.82) is 0 Å². The highest BCUT2D eigenvalue weighted by atomic mass is 32.2. The second-order valence-corrected chi connectivity index (χ2v) is 10.8. The molecule has 0 bridgehead atoms. The van der Waals surface area contributed by atoms with E-state index in [0.717, 1.165) is 46.7 Å². The molecule has 1 saturated heterocycles. The van der Waals surface area contributed by atoms with E-state index in [4.69, 9.17) is 14.6 Å². The number of carbonyl (C=O) groups excluding carboxylic acids is 1. The van der Waals surface area contributed by atoms with E-state index < -0.39 is 12.3 Å². The molecule has 0 saturated carbocycles. The molecule has 0 unspecified atom stereocenters. The van der Waals surface area contributed by atoms with Crippen molar-refractivity contribution in [2.24, 2.45) is 0 Å². The lowest BCUT2D eigenvalue weighted by Gasteiger charge is -2.36. The summed E-state index contributed by atoms with van der Waals surface area (Å²) in [6.45, 7) is -0.00341. The van der Waals surface area contributed by atoms with Crippen LogP contribution < -0.4 is 5.32 Å². The predicted molar refractivity (Wildman–Crippen MR) is 154 cm³/mol. The van der Waals surface area contributed by atoms with Crippen molar-refractivity contribution in [1.82, 2.24) is 4.98 Å². The van der Waals surface area contributed by atoms with Gasteiger partial charge in [-0.25, -0.2) is 4.98 Å². The number of pyridine rings is 1. The van der Waals surface area contributed by atoms with Crippen molar-refractivity contribution in [2.75, 3.05) is 11.1 Å². The highest BCUT2D eigenvalue weighted by molar-refractivity contribution is 7.99. The number of nitrogens with one attached hydrogen (secondary N) is 1. The number of hydrogen-bond acceptors (Lipinski definition) is 7. The van der Waals surface area contributed by atoms with Crippen LogP contribution in [-0.4, -0.2) is 38.9 Å². The van der Waals surface area contributed by atoms with Gasteiger partial charge >= 0.3 is 5.97 Å². The maximum Gasteiger partial charge on any atom is 0.303 e. The summed E-state index contributed by atoms with van der Waals surface area (Å²) in [5, 5.41) is 22.0. The molecule has 40 heavy (non-hydrogen) atoms. The molecule has 1 aliphatic heterocycles. The first-order valence-corrected chi connectivity index (χ1v) is 14.6. The first kappa shape index (κ1) is 29.7. The summed E-state index contributed by atoms with van der Waals surface area (Å²) in [6.07, 6.45) is 5.25. The van der Waals surface area contributed by atoms with Gasteiger partial charge in [-0.3, -0.25) is 9.59 Å². The number of aliphatic hydroxyl groups is 1. The number of nitrogens with zero attached hydrogens (tertiary/aromatic N) is 1. The highest BCUT2D eigenvalue weighted by Crippen LogP contribution is 2.39. The molecule has 9 heteroatoms. The average Bonchev–Trinajstić information content (AvgIpc) is 2.98. The van der Waals surface area contributed by atoms with Gasteiger partial charge in [-0.15, -0.1) is 11.8 Å². The Labute approximate surface area is 239 Å². The molecular weight excluding hydrogens is 528 g/mol. The minimum atomic E-state index is -0.781. The van der Waals surface area contributed by atoms with E-state index in [2.05, 4.69) is 10.3 Å². The number of hydrogen-bond donors (Lipinski definition) is 3. The Morgan fingerprint density at radius 1 is 0.900 bits per heavy atom. The summed E-state index contributed by atoms with van der Waals surface area (Å²) in [5.41, 5.74) is 3.45. The van der Waals surface area contributed by atoms with Gasteiger partial charge in [-0.1, -0.05) is 55.3 Å². The number of aliphatic carboxylic acids is 1. The third kappa shape index (κ3) is 9.45. The Morgan fingerprint density at radius 3 is 2.30 bits per heavy atom.